The number of nitrogens with zero attached hydrogens (tertiary/aromatic N) is 3. The molecule has 0 radical (unpaired) electrons. The zero-order chi connectivity index (χ0) is 20.4. The first-order valence-corrected chi connectivity index (χ1v) is 11.0. The lowest BCUT2D eigenvalue weighted by atomic mass is 9.78. The van der Waals surface area contributed by atoms with E-state index in [2.05, 4.69) is 16.5 Å². The van der Waals surface area contributed by atoms with E-state index in [-0.39, 0.29) is 12.0 Å². The molecule has 1 N–H and O–H groups in total. The molecular weight excluding hydrogens is 390 g/mol. The van der Waals surface area contributed by atoms with Gasteiger partial charge in [0.25, 0.3) is 5.91 Å². The first-order valence-electron chi connectivity index (χ1n) is 10.2. The molecule has 0 bridgehead atoms. The van der Waals surface area contributed by atoms with E-state index in [9.17, 15) is 9.90 Å². The number of likely N-dealkylation sites (tertiary alicyclic amines) is 1. The maximum atomic E-state index is 13.0. The van der Waals surface area contributed by atoms with Gasteiger partial charge in [-0.15, -0.1) is 5.10 Å². The summed E-state index contributed by atoms with van der Waals surface area (Å²) in [5.74, 6) is 1.93. The molecule has 4 rings (SSSR count). The van der Waals surface area contributed by atoms with E-state index in [4.69, 9.17) is 9.47 Å². The highest BCUT2D eigenvalue weighted by Gasteiger charge is 2.44. The van der Waals surface area contributed by atoms with E-state index >= 15 is 0 Å². The van der Waals surface area contributed by atoms with Crippen LogP contribution in [0.5, 0.6) is 11.5 Å². The predicted molar refractivity (Wildman–Crippen MR) is 109 cm³/mol. The minimum atomic E-state index is -0.558. The highest BCUT2D eigenvalue weighted by Crippen LogP contribution is 2.40. The van der Waals surface area contributed by atoms with E-state index in [1.54, 1.807) is 7.11 Å². The van der Waals surface area contributed by atoms with Crippen molar-refractivity contribution in [2.24, 2.45) is 11.8 Å². The second-order valence-electron chi connectivity index (χ2n) is 7.87. The smallest absolute Gasteiger partial charge is 0.267 e. The number of ether oxygens (including phenoxy) is 2. The summed E-state index contributed by atoms with van der Waals surface area (Å²) in [5.41, 5.74) is 0.801. The zero-order valence-electron chi connectivity index (χ0n) is 16.8. The van der Waals surface area contributed by atoms with Crippen LogP contribution in [0.4, 0.5) is 0 Å². The van der Waals surface area contributed by atoms with Gasteiger partial charge in [0.15, 0.2) is 11.5 Å². The largest absolute Gasteiger partial charge is 0.493 e. The lowest BCUT2D eigenvalue weighted by molar-refractivity contribution is -0.0240. The molecule has 29 heavy (non-hydrogen) atoms. The number of para-hydroxylation sites is 2. The van der Waals surface area contributed by atoms with E-state index in [0.29, 0.717) is 47.7 Å². The molecule has 0 unspecified atom stereocenters. The summed E-state index contributed by atoms with van der Waals surface area (Å²) in [7, 11) is 1.61. The maximum absolute atomic E-state index is 13.0. The summed E-state index contributed by atoms with van der Waals surface area (Å²) >= 11 is 1.18. The van der Waals surface area contributed by atoms with Crippen LogP contribution >= 0.6 is 11.5 Å². The Balaban J connectivity index is 1.43. The fourth-order valence-corrected chi connectivity index (χ4v) is 5.15. The van der Waals surface area contributed by atoms with Gasteiger partial charge in [-0.25, -0.2) is 0 Å². The summed E-state index contributed by atoms with van der Waals surface area (Å²) < 4.78 is 15.5. The Morgan fingerprint density at radius 1 is 1.24 bits per heavy atom. The molecule has 1 aromatic carbocycles. The molecule has 2 fully saturated rings. The van der Waals surface area contributed by atoms with Crippen LogP contribution in [0.2, 0.25) is 0 Å². The number of aryl methyl sites for hydroxylation is 1. The van der Waals surface area contributed by atoms with Gasteiger partial charge in [-0.05, 0) is 54.8 Å². The number of carbonyl (C=O) groups excluding carboxylic acids is 1. The van der Waals surface area contributed by atoms with Crippen LogP contribution in [-0.4, -0.2) is 57.9 Å². The Bertz CT molecular complexity index is 858. The molecule has 1 saturated carbocycles. The fraction of sp³-hybridized carbons (Fsp3) is 0.571. The first kappa shape index (κ1) is 20.1. The van der Waals surface area contributed by atoms with Gasteiger partial charge in [0.2, 0.25) is 0 Å². The maximum Gasteiger partial charge on any atom is 0.267 e. The monoisotopic (exact) mass is 417 g/mol. The Morgan fingerprint density at radius 3 is 2.69 bits per heavy atom. The summed E-state index contributed by atoms with van der Waals surface area (Å²) in [6.45, 7) is 3.43. The number of methoxy groups -OCH3 is 1. The van der Waals surface area contributed by atoms with Gasteiger partial charge in [0.1, 0.15) is 11.0 Å². The predicted octanol–water partition coefficient (Wildman–Crippen LogP) is 2.79. The second kappa shape index (κ2) is 8.67. The quantitative estimate of drug-likeness (QED) is 0.778. The Morgan fingerprint density at radius 2 is 1.97 bits per heavy atom. The number of amides is 1. The summed E-state index contributed by atoms with van der Waals surface area (Å²) in [4.78, 5) is 15.6. The van der Waals surface area contributed by atoms with Gasteiger partial charge in [-0.1, -0.05) is 30.0 Å². The third-order valence-electron chi connectivity index (χ3n) is 5.96. The van der Waals surface area contributed by atoms with Crippen LogP contribution in [-0.2, 0) is 6.42 Å². The third kappa shape index (κ3) is 4.09. The van der Waals surface area contributed by atoms with Crippen molar-refractivity contribution in [3.63, 3.8) is 0 Å². The molecule has 8 heteroatoms. The number of rotatable bonds is 6. The van der Waals surface area contributed by atoms with Crippen molar-refractivity contribution >= 4 is 17.4 Å². The SMILES string of the molecule is CCCc1nnsc1C(=O)N1C[C@H]2C[C@@H](Oc3ccccc3OC)[C@H](O)C[C@H]2C1. The Labute approximate surface area is 174 Å². The fourth-order valence-electron chi connectivity index (χ4n) is 4.48. The van der Waals surface area contributed by atoms with Gasteiger partial charge in [0.05, 0.1) is 18.9 Å². The topological polar surface area (TPSA) is 84.8 Å². The van der Waals surface area contributed by atoms with Gasteiger partial charge < -0.3 is 19.5 Å². The number of hydrogen-bond acceptors (Lipinski definition) is 7. The van der Waals surface area contributed by atoms with Crippen molar-refractivity contribution in [3.8, 4) is 11.5 Å². The number of aromatic nitrogens is 2. The average Bonchev–Trinajstić information content (AvgIpc) is 3.35. The lowest BCUT2D eigenvalue weighted by Crippen LogP contribution is -2.42. The van der Waals surface area contributed by atoms with Gasteiger partial charge in [-0.3, -0.25) is 4.79 Å². The molecule has 1 aliphatic carbocycles. The number of aliphatic hydroxyl groups excluding tert-OH is 1. The van der Waals surface area contributed by atoms with E-state index < -0.39 is 6.10 Å². The minimum Gasteiger partial charge on any atom is -0.493 e. The minimum absolute atomic E-state index is 0.0227. The molecular formula is C21H27N3O4S. The highest BCUT2D eigenvalue weighted by atomic mass is 32.1. The average molecular weight is 418 g/mol. The van der Waals surface area contributed by atoms with E-state index in [1.807, 2.05) is 29.2 Å². The molecule has 2 heterocycles. The van der Waals surface area contributed by atoms with E-state index in [0.717, 1.165) is 25.0 Å². The molecule has 7 nitrogen and oxygen atoms in total. The molecule has 156 valence electrons. The Hall–Kier alpha value is -2.19. The molecule has 2 aromatic rings. The number of fused-ring (bicyclic) bond motifs is 1. The van der Waals surface area contributed by atoms with Crippen molar-refractivity contribution in [1.82, 2.24) is 14.5 Å². The first-order chi connectivity index (χ1) is 14.1. The summed E-state index contributed by atoms with van der Waals surface area (Å²) in [6, 6.07) is 7.48. The van der Waals surface area contributed by atoms with Crippen LogP contribution in [0.3, 0.4) is 0 Å². The van der Waals surface area contributed by atoms with Crippen LogP contribution in [0.1, 0.15) is 41.6 Å². The number of aliphatic hydroxyl groups is 1. The van der Waals surface area contributed by atoms with Crippen LogP contribution < -0.4 is 9.47 Å². The zero-order valence-corrected chi connectivity index (χ0v) is 17.6. The normalized spacial score (nSPS) is 26.2. The van der Waals surface area contributed by atoms with Gasteiger partial charge in [-0.2, -0.15) is 0 Å². The van der Waals surface area contributed by atoms with Crippen LogP contribution in [0, 0.1) is 11.8 Å². The summed E-state index contributed by atoms with van der Waals surface area (Å²) in [6.07, 6.45) is 2.20. The van der Waals surface area contributed by atoms with Crippen molar-refractivity contribution < 1.29 is 19.4 Å². The van der Waals surface area contributed by atoms with E-state index in [1.165, 1.54) is 11.5 Å². The van der Waals surface area contributed by atoms with Crippen molar-refractivity contribution in [3.05, 3.63) is 34.8 Å². The third-order valence-corrected chi connectivity index (χ3v) is 6.71. The molecule has 1 aromatic heterocycles. The number of benzene rings is 1. The van der Waals surface area contributed by atoms with Crippen LogP contribution in [0.25, 0.3) is 0 Å². The van der Waals surface area contributed by atoms with Crippen molar-refractivity contribution in [1.29, 1.82) is 0 Å². The van der Waals surface area contributed by atoms with Crippen molar-refractivity contribution in [2.75, 3.05) is 20.2 Å². The highest BCUT2D eigenvalue weighted by molar-refractivity contribution is 7.08. The standard InChI is InChI=1S/C21H27N3O4S/c1-3-6-15-20(29-23-22-15)21(26)24-11-13-9-16(25)19(10-14(13)12-24)28-18-8-5-4-7-17(18)27-2/h4-5,7-8,13-14,16,19,25H,3,6,9-12H2,1-2H3/t13-,14+,16+,19+/m0/s1. The molecule has 2 aliphatic rings. The molecule has 1 saturated heterocycles. The molecule has 4 atom stereocenters. The molecule has 1 amide bonds. The second-order valence-corrected chi connectivity index (χ2v) is 8.63. The number of hydrogen-bond donors (Lipinski definition) is 1. The number of carbonyl (C=O) groups is 1. The molecule has 0 spiro atoms. The van der Waals surface area contributed by atoms with Gasteiger partial charge in [0, 0.05) is 13.1 Å². The van der Waals surface area contributed by atoms with Crippen LogP contribution in [0.15, 0.2) is 24.3 Å². The summed E-state index contributed by atoms with van der Waals surface area (Å²) in [5, 5.41) is 14.8. The molecule has 1 aliphatic heterocycles. The Kier molecular flexibility index (Phi) is 6.01. The lowest BCUT2D eigenvalue weighted by Gasteiger charge is -2.35. The van der Waals surface area contributed by atoms with Crippen molar-refractivity contribution in [2.45, 2.75) is 44.8 Å². The van der Waals surface area contributed by atoms with Gasteiger partial charge >= 0.3 is 0 Å².